The molecule has 13 nitrogen and oxygen atoms in total. The number of aliphatic carboxylic acids is 1. The number of carbonyl (C=O) groups excluding carboxylic acids is 3. The van der Waals surface area contributed by atoms with Crippen LogP contribution >= 0.6 is 7.60 Å². The molecule has 41 heavy (non-hydrogen) atoms. The molecular formula is C27H50N5O8P. The van der Waals surface area contributed by atoms with Crippen LogP contribution in [0.5, 0.6) is 0 Å². The summed E-state index contributed by atoms with van der Waals surface area (Å²) in [6, 6.07) is -1.92. The minimum atomic E-state index is -4.64. The first-order valence-corrected chi connectivity index (χ1v) is 16.7. The summed E-state index contributed by atoms with van der Waals surface area (Å²) in [7, 11) is -4.64. The Morgan fingerprint density at radius 1 is 0.951 bits per heavy atom. The second-order valence-electron chi connectivity index (χ2n) is 11.1. The molecule has 0 aromatic heterocycles. The standard InChI is InChI=1S/C27H50N5O8P/c1-2-3-15-23(31-25(34)20(12-4-6-16-28)30-24(33)19-10-8-11-19)41(38,39)40-22(14-5-7-17-29)26(35)32-18-9-13-21(32)27(36)37/h19-23H,2-18,28-29H2,1H3,(H,30,33)(H,31,34)(H,36,37)(H,38,39)/t20-,21-,22-,23?/m0/s1. The van der Waals surface area contributed by atoms with E-state index in [1.807, 2.05) is 6.92 Å². The van der Waals surface area contributed by atoms with Gasteiger partial charge in [0.15, 0.2) is 0 Å². The molecule has 3 amide bonds. The quantitative estimate of drug-likeness (QED) is 0.0876. The van der Waals surface area contributed by atoms with E-state index >= 15 is 0 Å². The van der Waals surface area contributed by atoms with Gasteiger partial charge in [-0.25, -0.2) is 4.79 Å². The fourth-order valence-electron chi connectivity index (χ4n) is 5.12. The lowest BCUT2D eigenvalue weighted by atomic mass is 9.84. The highest BCUT2D eigenvalue weighted by molar-refractivity contribution is 7.53. The van der Waals surface area contributed by atoms with Crippen LogP contribution in [0.25, 0.3) is 0 Å². The summed E-state index contributed by atoms with van der Waals surface area (Å²) in [6.07, 6.45) is 5.85. The number of amides is 3. The number of hydrogen-bond acceptors (Lipinski definition) is 8. The SMILES string of the molecule is CCCCC(NC(=O)[C@H](CCCCN)NC(=O)C1CCC1)P(=O)(O)O[C@@H](CCCCN)C(=O)N1CCC[C@H]1C(=O)O. The van der Waals surface area contributed by atoms with Crippen molar-refractivity contribution < 1.29 is 38.3 Å². The molecule has 0 radical (unpaired) electrons. The van der Waals surface area contributed by atoms with Crippen LogP contribution in [0, 0.1) is 5.92 Å². The Morgan fingerprint density at radius 3 is 2.17 bits per heavy atom. The molecule has 0 aromatic carbocycles. The van der Waals surface area contributed by atoms with Crippen LogP contribution < -0.4 is 22.1 Å². The number of carboxylic acid groups (broad SMARTS) is 1. The molecule has 0 bridgehead atoms. The number of likely N-dealkylation sites (tertiary alicyclic amines) is 1. The molecule has 1 heterocycles. The van der Waals surface area contributed by atoms with Crippen molar-refractivity contribution in [2.24, 2.45) is 17.4 Å². The van der Waals surface area contributed by atoms with E-state index < -0.39 is 49.4 Å². The van der Waals surface area contributed by atoms with Crippen molar-refractivity contribution in [1.29, 1.82) is 0 Å². The van der Waals surface area contributed by atoms with Crippen molar-refractivity contribution >= 4 is 31.3 Å². The van der Waals surface area contributed by atoms with Crippen LogP contribution in [0.1, 0.15) is 96.8 Å². The van der Waals surface area contributed by atoms with Crippen molar-refractivity contribution in [2.75, 3.05) is 19.6 Å². The molecular weight excluding hydrogens is 553 g/mol. The Hall–Kier alpha value is -2.05. The van der Waals surface area contributed by atoms with E-state index in [0.717, 1.165) is 19.3 Å². The molecule has 2 rings (SSSR count). The molecule has 14 heteroatoms. The molecule has 2 fully saturated rings. The summed E-state index contributed by atoms with van der Waals surface area (Å²) in [5.41, 5.74) is 11.2. The average Bonchev–Trinajstić information content (AvgIpc) is 3.39. The molecule has 0 aromatic rings. The Kier molecular flexibility index (Phi) is 15.3. The summed E-state index contributed by atoms with van der Waals surface area (Å²) in [5, 5.41) is 15.0. The van der Waals surface area contributed by atoms with Crippen molar-refractivity contribution in [3.05, 3.63) is 0 Å². The van der Waals surface area contributed by atoms with Gasteiger partial charge < -0.3 is 37.0 Å². The lowest BCUT2D eigenvalue weighted by molar-refractivity contribution is -0.151. The molecule has 8 N–H and O–H groups in total. The van der Waals surface area contributed by atoms with E-state index in [4.69, 9.17) is 16.0 Å². The zero-order chi connectivity index (χ0) is 30.4. The van der Waals surface area contributed by atoms with Gasteiger partial charge in [0.1, 0.15) is 24.0 Å². The second-order valence-corrected chi connectivity index (χ2v) is 13.1. The highest BCUT2D eigenvalue weighted by Gasteiger charge is 2.43. The molecule has 1 saturated heterocycles. The Labute approximate surface area is 243 Å². The zero-order valence-electron chi connectivity index (χ0n) is 24.3. The van der Waals surface area contributed by atoms with Crippen LogP contribution in [-0.4, -0.2) is 82.2 Å². The molecule has 236 valence electrons. The van der Waals surface area contributed by atoms with E-state index in [0.29, 0.717) is 70.9 Å². The van der Waals surface area contributed by atoms with Gasteiger partial charge in [-0.05, 0) is 83.7 Å². The molecule has 2 aliphatic rings. The normalized spacial score (nSPS) is 20.9. The van der Waals surface area contributed by atoms with E-state index in [1.54, 1.807) is 0 Å². The third kappa shape index (κ3) is 10.9. The van der Waals surface area contributed by atoms with Crippen molar-refractivity contribution in [1.82, 2.24) is 15.5 Å². The number of carbonyl (C=O) groups is 4. The molecule has 5 atom stereocenters. The van der Waals surface area contributed by atoms with Crippen LogP contribution in [0.2, 0.25) is 0 Å². The fraction of sp³-hybridized carbons (Fsp3) is 0.852. The van der Waals surface area contributed by atoms with Gasteiger partial charge >= 0.3 is 13.6 Å². The fourth-order valence-corrected chi connectivity index (χ4v) is 6.63. The summed E-state index contributed by atoms with van der Waals surface area (Å²) < 4.78 is 19.3. The Bertz CT molecular complexity index is 918. The van der Waals surface area contributed by atoms with Crippen molar-refractivity contribution in [2.45, 2.75) is 121 Å². The van der Waals surface area contributed by atoms with Crippen molar-refractivity contribution in [3.63, 3.8) is 0 Å². The third-order valence-corrected chi connectivity index (χ3v) is 9.62. The van der Waals surface area contributed by atoms with Gasteiger partial charge in [-0.1, -0.05) is 26.2 Å². The van der Waals surface area contributed by atoms with E-state index in [2.05, 4.69) is 10.6 Å². The smallest absolute Gasteiger partial charge is 0.350 e. The van der Waals surface area contributed by atoms with Crippen molar-refractivity contribution in [3.8, 4) is 0 Å². The summed E-state index contributed by atoms with van der Waals surface area (Å²) in [4.78, 5) is 63.5. The summed E-state index contributed by atoms with van der Waals surface area (Å²) >= 11 is 0. The summed E-state index contributed by atoms with van der Waals surface area (Å²) in [6.45, 7) is 2.90. The highest BCUT2D eigenvalue weighted by Crippen LogP contribution is 2.50. The first-order chi connectivity index (χ1) is 19.5. The molecule has 1 aliphatic heterocycles. The van der Waals surface area contributed by atoms with E-state index in [-0.39, 0.29) is 31.2 Å². The van der Waals surface area contributed by atoms with Gasteiger partial charge in [-0.3, -0.25) is 23.5 Å². The Morgan fingerprint density at radius 2 is 1.61 bits per heavy atom. The largest absolute Gasteiger partial charge is 0.480 e. The first kappa shape index (κ1) is 35.1. The predicted octanol–water partition coefficient (Wildman–Crippen LogP) is 1.81. The van der Waals surface area contributed by atoms with Gasteiger partial charge in [0.2, 0.25) is 11.8 Å². The average molecular weight is 604 g/mol. The minimum Gasteiger partial charge on any atom is -0.480 e. The zero-order valence-corrected chi connectivity index (χ0v) is 25.2. The number of nitrogens with zero attached hydrogens (tertiary/aromatic N) is 1. The van der Waals surface area contributed by atoms with Gasteiger partial charge in [-0.15, -0.1) is 0 Å². The number of nitrogens with two attached hydrogens (primary N) is 2. The number of unbranched alkanes of at least 4 members (excludes halogenated alkanes) is 3. The Balaban J connectivity index is 2.22. The van der Waals surface area contributed by atoms with E-state index in [9.17, 15) is 33.7 Å². The van der Waals surface area contributed by atoms with Crippen LogP contribution in [0.4, 0.5) is 0 Å². The van der Waals surface area contributed by atoms with Crippen LogP contribution in [0.3, 0.4) is 0 Å². The van der Waals surface area contributed by atoms with E-state index in [1.165, 1.54) is 4.90 Å². The topological polar surface area (TPSA) is 214 Å². The monoisotopic (exact) mass is 603 g/mol. The highest BCUT2D eigenvalue weighted by atomic mass is 31.2. The van der Waals surface area contributed by atoms with Gasteiger partial charge in [0, 0.05) is 12.5 Å². The number of carboxylic acids is 1. The maximum absolute atomic E-state index is 13.7. The van der Waals surface area contributed by atoms with Gasteiger partial charge in [0.05, 0.1) is 0 Å². The first-order valence-electron chi connectivity index (χ1n) is 15.1. The predicted molar refractivity (Wildman–Crippen MR) is 154 cm³/mol. The lowest BCUT2D eigenvalue weighted by Gasteiger charge is -2.32. The maximum atomic E-state index is 13.7. The number of hydrogen-bond donors (Lipinski definition) is 6. The third-order valence-electron chi connectivity index (χ3n) is 7.88. The van der Waals surface area contributed by atoms with Gasteiger partial charge in [-0.2, -0.15) is 0 Å². The molecule has 2 unspecified atom stereocenters. The molecule has 1 saturated carbocycles. The number of nitrogens with one attached hydrogen (secondary N) is 2. The lowest BCUT2D eigenvalue weighted by Crippen LogP contribution is -2.52. The second kappa shape index (κ2) is 17.8. The molecule has 1 aliphatic carbocycles. The summed E-state index contributed by atoms with van der Waals surface area (Å²) in [5.74, 6) is -4.04. The maximum Gasteiger partial charge on any atom is 0.350 e. The van der Waals surface area contributed by atoms with Crippen LogP contribution in [0.15, 0.2) is 0 Å². The van der Waals surface area contributed by atoms with Crippen LogP contribution in [-0.2, 0) is 28.3 Å². The molecule has 0 spiro atoms. The minimum absolute atomic E-state index is 0.0804. The van der Waals surface area contributed by atoms with Gasteiger partial charge in [0.25, 0.3) is 5.91 Å². The number of rotatable bonds is 20.